The molecule has 0 aliphatic heterocycles. The summed E-state index contributed by atoms with van der Waals surface area (Å²) < 4.78 is 52.1. The van der Waals surface area contributed by atoms with Crippen LogP contribution in [0.1, 0.15) is 35.7 Å². The number of fused-ring (bicyclic) bond motifs is 1. The molecule has 0 bridgehead atoms. The van der Waals surface area contributed by atoms with E-state index in [1.807, 2.05) is 6.07 Å². The molecule has 0 amide bonds. The van der Waals surface area contributed by atoms with Crippen molar-refractivity contribution in [2.24, 2.45) is 7.05 Å². The predicted molar refractivity (Wildman–Crippen MR) is 131 cm³/mol. The van der Waals surface area contributed by atoms with E-state index in [1.165, 1.54) is 17.9 Å². The highest BCUT2D eigenvalue weighted by atomic mass is 19.4. The van der Waals surface area contributed by atoms with E-state index in [-0.39, 0.29) is 12.4 Å². The molecule has 5 aromatic rings. The zero-order chi connectivity index (χ0) is 26.4. The minimum atomic E-state index is -4.50. The Labute approximate surface area is 214 Å². The van der Waals surface area contributed by atoms with E-state index >= 15 is 0 Å². The van der Waals surface area contributed by atoms with E-state index < -0.39 is 11.9 Å². The molecule has 4 heterocycles. The fourth-order valence-corrected chi connectivity index (χ4v) is 4.32. The Hall–Kier alpha value is -4.48. The number of nitrogens with zero attached hydrogens (tertiary/aromatic N) is 6. The topological polar surface area (TPSA) is 104 Å². The number of methoxy groups -OCH3 is 1. The fourth-order valence-electron chi connectivity index (χ4n) is 4.32. The van der Waals surface area contributed by atoms with E-state index in [0.29, 0.717) is 45.7 Å². The predicted octanol–water partition coefficient (Wildman–Crippen LogP) is 5.30. The second-order valence-corrected chi connectivity index (χ2v) is 9.05. The molecule has 6 rings (SSSR count). The van der Waals surface area contributed by atoms with Gasteiger partial charge in [0.25, 0.3) is 0 Å². The summed E-state index contributed by atoms with van der Waals surface area (Å²) in [5, 5.41) is 0. The van der Waals surface area contributed by atoms with Gasteiger partial charge < -0.3 is 19.0 Å². The Morgan fingerprint density at radius 1 is 1.03 bits per heavy atom. The number of alkyl halides is 3. The molecule has 4 aromatic heterocycles. The Kier molecular flexibility index (Phi) is 5.73. The highest BCUT2D eigenvalue weighted by molar-refractivity contribution is 5.83. The van der Waals surface area contributed by atoms with Gasteiger partial charge in [-0.1, -0.05) is 24.3 Å². The third-order valence-corrected chi connectivity index (χ3v) is 6.35. The van der Waals surface area contributed by atoms with Gasteiger partial charge in [0.2, 0.25) is 11.8 Å². The Balaban J connectivity index is 1.28. The van der Waals surface area contributed by atoms with Gasteiger partial charge in [0.15, 0.2) is 11.5 Å². The SMILES string of the molecule is COc1ncnc(C2CC2)c1-c1nc(OCc2ccc(-c3nc(C(F)(F)F)cn3C)cc2)c2[nH]ccc2n1. The van der Waals surface area contributed by atoms with Gasteiger partial charge in [-0.25, -0.2) is 19.9 Å². The molecule has 38 heavy (non-hydrogen) atoms. The fraction of sp³-hybridized carbons (Fsp3) is 0.269. The average molecular weight is 522 g/mol. The smallest absolute Gasteiger partial charge is 0.434 e. The van der Waals surface area contributed by atoms with Crippen LogP contribution in [0.15, 0.2) is 49.1 Å². The van der Waals surface area contributed by atoms with Gasteiger partial charge in [0, 0.05) is 30.9 Å². The van der Waals surface area contributed by atoms with Crippen LogP contribution >= 0.6 is 0 Å². The number of aromatic amines is 1. The molecule has 1 aliphatic carbocycles. The maximum atomic E-state index is 13.0. The van der Waals surface area contributed by atoms with Crippen LogP contribution < -0.4 is 9.47 Å². The van der Waals surface area contributed by atoms with E-state index in [9.17, 15) is 13.2 Å². The van der Waals surface area contributed by atoms with Crippen molar-refractivity contribution in [2.75, 3.05) is 7.11 Å². The van der Waals surface area contributed by atoms with Gasteiger partial charge in [-0.15, -0.1) is 0 Å². The van der Waals surface area contributed by atoms with Gasteiger partial charge in [-0.3, -0.25) is 0 Å². The molecule has 1 aromatic carbocycles. The van der Waals surface area contributed by atoms with Crippen molar-refractivity contribution in [3.63, 3.8) is 0 Å². The quantitative estimate of drug-likeness (QED) is 0.310. The summed E-state index contributed by atoms with van der Waals surface area (Å²) in [4.78, 5) is 25.0. The number of imidazole rings is 1. The lowest BCUT2D eigenvalue weighted by Crippen LogP contribution is -2.05. The van der Waals surface area contributed by atoms with E-state index in [2.05, 4.69) is 19.9 Å². The van der Waals surface area contributed by atoms with Crippen LogP contribution in [0.2, 0.25) is 0 Å². The van der Waals surface area contributed by atoms with Crippen LogP contribution in [0.4, 0.5) is 13.2 Å². The van der Waals surface area contributed by atoms with Crippen molar-refractivity contribution in [2.45, 2.75) is 31.5 Å². The second-order valence-electron chi connectivity index (χ2n) is 9.05. The lowest BCUT2D eigenvalue weighted by molar-refractivity contribution is -0.140. The number of halogens is 3. The van der Waals surface area contributed by atoms with Crippen molar-refractivity contribution in [1.29, 1.82) is 0 Å². The second kappa shape index (κ2) is 9.12. The molecule has 1 saturated carbocycles. The number of hydrogen-bond donors (Lipinski definition) is 1. The first-order valence-electron chi connectivity index (χ1n) is 11.9. The monoisotopic (exact) mass is 521 g/mol. The Morgan fingerprint density at radius 2 is 1.82 bits per heavy atom. The zero-order valence-corrected chi connectivity index (χ0v) is 20.5. The molecule has 1 N–H and O–H groups in total. The minimum absolute atomic E-state index is 0.178. The Bertz CT molecular complexity index is 1620. The van der Waals surface area contributed by atoms with Gasteiger partial charge >= 0.3 is 6.18 Å². The van der Waals surface area contributed by atoms with Crippen LogP contribution in [-0.2, 0) is 19.8 Å². The van der Waals surface area contributed by atoms with Gasteiger partial charge in [-0.05, 0) is 24.5 Å². The largest absolute Gasteiger partial charge is 0.480 e. The number of aromatic nitrogens is 7. The number of rotatable bonds is 7. The van der Waals surface area contributed by atoms with E-state index in [1.54, 1.807) is 37.6 Å². The van der Waals surface area contributed by atoms with Crippen molar-refractivity contribution < 1.29 is 22.6 Å². The number of nitrogens with one attached hydrogen (secondary N) is 1. The molecule has 0 radical (unpaired) electrons. The third kappa shape index (κ3) is 4.42. The lowest BCUT2D eigenvalue weighted by Gasteiger charge is -2.13. The minimum Gasteiger partial charge on any atom is -0.480 e. The van der Waals surface area contributed by atoms with E-state index in [0.717, 1.165) is 30.3 Å². The van der Waals surface area contributed by atoms with Crippen molar-refractivity contribution in [3.05, 3.63) is 66.0 Å². The van der Waals surface area contributed by atoms with Crippen molar-refractivity contribution in [3.8, 4) is 34.5 Å². The van der Waals surface area contributed by atoms with Crippen LogP contribution in [-0.4, -0.2) is 41.6 Å². The average Bonchev–Trinajstić information content (AvgIpc) is 3.51. The normalized spacial score (nSPS) is 13.7. The van der Waals surface area contributed by atoms with Crippen LogP contribution in [0.5, 0.6) is 11.8 Å². The summed E-state index contributed by atoms with van der Waals surface area (Å²) in [6.45, 7) is 0.178. The first-order valence-corrected chi connectivity index (χ1v) is 11.9. The molecular weight excluding hydrogens is 499 g/mol. The summed E-state index contributed by atoms with van der Waals surface area (Å²) in [6, 6.07) is 8.82. The van der Waals surface area contributed by atoms with Crippen molar-refractivity contribution >= 4 is 11.0 Å². The first-order chi connectivity index (χ1) is 18.3. The maximum Gasteiger partial charge on any atom is 0.434 e. The molecule has 194 valence electrons. The van der Waals surface area contributed by atoms with E-state index in [4.69, 9.17) is 19.4 Å². The number of ether oxygens (including phenoxy) is 2. The van der Waals surface area contributed by atoms with Crippen LogP contribution in [0.3, 0.4) is 0 Å². The summed E-state index contributed by atoms with van der Waals surface area (Å²) in [6.07, 6.45) is 1.79. The maximum absolute atomic E-state index is 13.0. The molecular formula is C26H22F3N7O2. The molecule has 0 saturated heterocycles. The molecule has 12 heteroatoms. The molecule has 1 fully saturated rings. The summed E-state index contributed by atoms with van der Waals surface area (Å²) >= 11 is 0. The third-order valence-electron chi connectivity index (χ3n) is 6.35. The van der Waals surface area contributed by atoms with Crippen molar-refractivity contribution in [1.82, 2.24) is 34.5 Å². The number of benzene rings is 1. The van der Waals surface area contributed by atoms with Gasteiger partial charge in [0.1, 0.15) is 29.8 Å². The number of H-pyrrole nitrogens is 1. The van der Waals surface area contributed by atoms with Gasteiger partial charge in [-0.2, -0.15) is 18.2 Å². The standard InChI is InChI=1S/C26H22F3N7O2/c1-36-11-18(26(27,28)29)34-23(36)16-5-3-14(4-6-16)12-38-25-21-17(9-10-30-21)33-22(35-25)19-20(15-7-8-15)31-13-32-24(19)37-2/h3-6,9-11,13,15,30H,7-8,12H2,1-2H3. The summed E-state index contributed by atoms with van der Waals surface area (Å²) in [5.41, 5.74) is 3.26. The summed E-state index contributed by atoms with van der Waals surface area (Å²) in [7, 11) is 3.08. The molecule has 0 atom stereocenters. The molecule has 9 nitrogen and oxygen atoms in total. The zero-order valence-electron chi connectivity index (χ0n) is 20.5. The number of aryl methyl sites for hydroxylation is 1. The highest BCUT2D eigenvalue weighted by Crippen LogP contribution is 2.45. The molecule has 0 spiro atoms. The number of hydrogen-bond acceptors (Lipinski definition) is 7. The first kappa shape index (κ1) is 23.9. The van der Waals surface area contributed by atoms with Crippen LogP contribution in [0, 0.1) is 0 Å². The van der Waals surface area contributed by atoms with Gasteiger partial charge in [0.05, 0.1) is 18.3 Å². The molecule has 1 aliphatic rings. The highest BCUT2D eigenvalue weighted by Gasteiger charge is 2.34. The summed E-state index contributed by atoms with van der Waals surface area (Å²) in [5.74, 6) is 1.72. The lowest BCUT2D eigenvalue weighted by atomic mass is 10.1. The van der Waals surface area contributed by atoms with Crippen LogP contribution in [0.25, 0.3) is 33.8 Å². The molecule has 0 unspecified atom stereocenters. The Morgan fingerprint density at radius 3 is 2.50 bits per heavy atom.